The molecular formula is C16H18N4O2. The molecule has 0 spiro atoms. The Morgan fingerprint density at radius 3 is 3.23 bits per heavy atom. The first-order valence-electron chi connectivity index (χ1n) is 7.33. The topological polar surface area (TPSA) is 69.0 Å². The molecule has 1 amide bonds. The average molecular weight is 298 g/mol. The minimum atomic E-state index is -0.194. The van der Waals surface area contributed by atoms with Crippen LogP contribution in [0.3, 0.4) is 0 Å². The molecule has 2 aromatic rings. The number of hydrogen-bond donors (Lipinski definition) is 1. The van der Waals surface area contributed by atoms with Gasteiger partial charge in [-0.3, -0.25) is 14.5 Å². The van der Waals surface area contributed by atoms with Crippen LogP contribution in [-0.4, -0.2) is 33.4 Å². The van der Waals surface area contributed by atoms with E-state index in [0.29, 0.717) is 5.69 Å². The van der Waals surface area contributed by atoms with Crippen molar-refractivity contribution >= 4 is 17.7 Å². The number of carbonyl (C=O) groups is 1. The molecule has 22 heavy (non-hydrogen) atoms. The maximum Gasteiger partial charge on any atom is 0.248 e. The zero-order chi connectivity index (χ0) is 15.2. The summed E-state index contributed by atoms with van der Waals surface area (Å²) >= 11 is 0. The number of pyridine rings is 1. The number of nitrogens with one attached hydrogen (secondary N) is 1. The summed E-state index contributed by atoms with van der Waals surface area (Å²) in [5.41, 5.74) is 1.56. The Balaban J connectivity index is 1.53. The summed E-state index contributed by atoms with van der Waals surface area (Å²) in [4.78, 5) is 15.9. The van der Waals surface area contributed by atoms with Crippen molar-refractivity contribution in [2.24, 2.45) is 0 Å². The third-order valence-corrected chi connectivity index (χ3v) is 3.43. The van der Waals surface area contributed by atoms with Crippen LogP contribution in [0.1, 0.15) is 18.4 Å². The highest BCUT2D eigenvalue weighted by Crippen LogP contribution is 2.15. The molecule has 0 saturated carbocycles. The minimum Gasteiger partial charge on any atom is -0.376 e. The van der Waals surface area contributed by atoms with Crippen molar-refractivity contribution in [2.75, 3.05) is 11.9 Å². The highest BCUT2D eigenvalue weighted by molar-refractivity contribution is 6.01. The van der Waals surface area contributed by atoms with E-state index in [-0.39, 0.29) is 12.0 Å². The molecule has 0 bridgehead atoms. The lowest BCUT2D eigenvalue weighted by atomic mass is 10.2. The average Bonchev–Trinajstić information content (AvgIpc) is 3.19. The second-order valence-electron chi connectivity index (χ2n) is 5.20. The number of carbonyl (C=O) groups excluding carboxylic acids is 1. The molecule has 1 aliphatic heterocycles. The normalized spacial score (nSPS) is 17.9. The van der Waals surface area contributed by atoms with Crippen LogP contribution in [0.25, 0.3) is 6.08 Å². The predicted molar refractivity (Wildman–Crippen MR) is 83.1 cm³/mol. The van der Waals surface area contributed by atoms with Crippen LogP contribution in [0.5, 0.6) is 0 Å². The van der Waals surface area contributed by atoms with Crippen LogP contribution in [0.2, 0.25) is 0 Å². The van der Waals surface area contributed by atoms with Crippen LogP contribution in [0.15, 0.2) is 43.0 Å². The summed E-state index contributed by atoms with van der Waals surface area (Å²) in [6.07, 6.45) is 12.5. The first-order valence-corrected chi connectivity index (χ1v) is 7.33. The van der Waals surface area contributed by atoms with Gasteiger partial charge in [0.1, 0.15) is 0 Å². The van der Waals surface area contributed by atoms with E-state index in [9.17, 15) is 4.79 Å². The van der Waals surface area contributed by atoms with Crippen molar-refractivity contribution in [1.82, 2.24) is 14.8 Å². The molecule has 6 nitrogen and oxygen atoms in total. The Morgan fingerprint density at radius 1 is 1.50 bits per heavy atom. The van der Waals surface area contributed by atoms with Gasteiger partial charge in [0.15, 0.2) is 0 Å². The summed E-state index contributed by atoms with van der Waals surface area (Å²) in [6.45, 7) is 1.55. The van der Waals surface area contributed by atoms with Gasteiger partial charge < -0.3 is 10.1 Å². The Hall–Kier alpha value is -2.47. The van der Waals surface area contributed by atoms with Gasteiger partial charge in [0.05, 0.1) is 24.5 Å². The molecule has 1 aliphatic rings. The number of nitrogens with zero attached hydrogens (tertiary/aromatic N) is 3. The van der Waals surface area contributed by atoms with Crippen LogP contribution < -0.4 is 5.32 Å². The maximum atomic E-state index is 11.9. The highest BCUT2D eigenvalue weighted by atomic mass is 16.5. The van der Waals surface area contributed by atoms with E-state index in [2.05, 4.69) is 15.4 Å². The van der Waals surface area contributed by atoms with Gasteiger partial charge >= 0.3 is 0 Å². The molecule has 1 fully saturated rings. The summed E-state index contributed by atoms with van der Waals surface area (Å²) in [6, 6.07) is 3.71. The number of anilines is 1. The van der Waals surface area contributed by atoms with Gasteiger partial charge in [0, 0.05) is 31.3 Å². The van der Waals surface area contributed by atoms with Crippen LogP contribution in [-0.2, 0) is 16.1 Å². The lowest BCUT2D eigenvalue weighted by Gasteiger charge is -2.08. The molecular weight excluding hydrogens is 280 g/mol. The number of rotatable bonds is 5. The molecule has 1 unspecified atom stereocenters. The van der Waals surface area contributed by atoms with E-state index < -0.39 is 0 Å². The Morgan fingerprint density at radius 2 is 2.45 bits per heavy atom. The summed E-state index contributed by atoms with van der Waals surface area (Å²) in [5, 5.41) is 7.03. The van der Waals surface area contributed by atoms with Crippen molar-refractivity contribution in [2.45, 2.75) is 25.5 Å². The van der Waals surface area contributed by atoms with Gasteiger partial charge in [-0.25, -0.2) is 0 Å². The minimum absolute atomic E-state index is 0.194. The van der Waals surface area contributed by atoms with Crippen molar-refractivity contribution in [3.05, 3.63) is 48.6 Å². The molecule has 2 aromatic heterocycles. The fourth-order valence-electron chi connectivity index (χ4n) is 2.36. The van der Waals surface area contributed by atoms with E-state index in [1.54, 1.807) is 29.3 Å². The quantitative estimate of drug-likeness (QED) is 0.858. The first-order chi connectivity index (χ1) is 10.8. The van der Waals surface area contributed by atoms with Crippen LogP contribution >= 0.6 is 0 Å². The second-order valence-corrected chi connectivity index (χ2v) is 5.20. The van der Waals surface area contributed by atoms with Crippen molar-refractivity contribution in [3.8, 4) is 0 Å². The lowest BCUT2D eigenvalue weighted by molar-refractivity contribution is -0.111. The number of ether oxygens (including phenoxy) is 1. The third kappa shape index (κ3) is 4.02. The fraction of sp³-hybridized carbons (Fsp3) is 0.312. The maximum absolute atomic E-state index is 11.9. The van der Waals surface area contributed by atoms with Gasteiger partial charge in [-0.2, -0.15) is 5.10 Å². The molecule has 1 atom stereocenters. The SMILES string of the molecule is O=C(C=Cc1cccnc1)Nc1cnn(CC2CCCO2)c1. The fourth-order valence-corrected chi connectivity index (χ4v) is 2.36. The summed E-state index contributed by atoms with van der Waals surface area (Å²) in [7, 11) is 0. The highest BCUT2D eigenvalue weighted by Gasteiger charge is 2.16. The van der Waals surface area contributed by atoms with E-state index >= 15 is 0 Å². The molecule has 3 rings (SSSR count). The predicted octanol–water partition coefficient (Wildman–Crippen LogP) is 2.11. The molecule has 0 radical (unpaired) electrons. The number of aromatic nitrogens is 3. The van der Waals surface area contributed by atoms with Gasteiger partial charge in [-0.05, 0) is 30.5 Å². The van der Waals surface area contributed by atoms with E-state index in [1.165, 1.54) is 6.08 Å². The Kier molecular flexibility index (Phi) is 4.60. The van der Waals surface area contributed by atoms with Crippen LogP contribution in [0.4, 0.5) is 5.69 Å². The van der Waals surface area contributed by atoms with Gasteiger partial charge in [0.25, 0.3) is 0 Å². The Labute approximate surface area is 128 Å². The van der Waals surface area contributed by atoms with Gasteiger partial charge in [-0.15, -0.1) is 0 Å². The largest absolute Gasteiger partial charge is 0.376 e. The second kappa shape index (κ2) is 7.00. The third-order valence-electron chi connectivity index (χ3n) is 3.43. The van der Waals surface area contributed by atoms with E-state index in [1.807, 2.05) is 18.3 Å². The number of hydrogen-bond acceptors (Lipinski definition) is 4. The molecule has 0 aromatic carbocycles. The summed E-state index contributed by atoms with van der Waals surface area (Å²) in [5.74, 6) is -0.194. The van der Waals surface area contributed by atoms with Gasteiger partial charge in [0.2, 0.25) is 5.91 Å². The zero-order valence-electron chi connectivity index (χ0n) is 12.2. The van der Waals surface area contributed by atoms with Crippen molar-refractivity contribution in [3.63, 3.8) is 0 Å². The van der Waals surface area contributed by atoms with Crippen molar-refractivity contribution in [1.29, 1.82) is 0 Å². The van der Waals surface area contributed by atoms with Crippen molar-refractivity contribution < 1.29 is 9.53 Å². The number of amides is 1. The Bertz CT molecular complexity index is 645. The van der Waals surface area contributed by atoms with E-state index in [4.69, 9.17) is 4.74 Å². The lowest BCUT2D eigenvalue weighted by Crippen LogP contribution is -2.15. The first kappa shape index (κ1) is 14.5. The zero-order valence-corrected chi connectivity index (χ0v) is 12.2. The monoisotopic (exact) mass is 298 g/mol. The summed E-state index contributed by atoms with van der Waals surface area (Å²) < 4.78 is 7.37. The molecule has 1 N–H and O–H groups in total. The smallest absolute Gasteiger partial charge is 0.248 e. The molecule has 1 saturated heterocycles. The molecule has 0 aliphatic carbocycles. The van der Waals surface area contributed by atoms with Crippen LogP contribution in [0, 0.1) is 0 Å². The van der Waals surface area contributed by atoms with E-state index in [0.717, 1.165) is 31.6 Å². The molecule has 6 heteroatoms. The standard InChI is InChI=1S/C16H18N4O2/c21-16(6-5-13-3-1-7-17-9-13)19-14-10-18-20(11-14)12-15-4-2-8-22-15/h1,3,5-7,9-11,15H,2,4,8,12H2,(H,19,21). The van der Waals surface area contributed by atoms with Gasteiger partial charge in [-0.1, -0.05) is 6.07 Å². The molecule has 3 heterocycles. The molecule has 114 valence electrons.